The number of nitrogens with two attached hydrogens (primary N) is 1. The van der Waals surface area contributed by atoms with Gasteiger partial charge in [0.2, 0.25) is 5.88 Å². The standard InChI is InChI=1S/C13H13ClN4O3/c14-10-3-1-9(2-4-10)7-18-13(20)6-5-12(17-18)21-8-11(19)16-15/h1-6H,7-8,15H2,(H,16,19). The Balaban J connectivity index is 2.13. The fourth-order valence-electron chi connectivity index (χ4n) is 1.56. The van der Waals surface area contributed by atoms with Crippen LogP contribution in [0.15, 0.2) is 41.2 Å². The van der Waals surface area contributed by atoms with E-state index in [2.05, 4.69) is 5.10 Å². The zero-order chi connectivity index (χ0) is 15.2. The molecule has 0 aliphatic rings. The second-order valence-corrected chi connectivity index (χ2v) is 4.59. The Morgan fingerprint density at radius 1 is 1.29 bits per heavy atom. The number of carbonyl (C=O) groups is 1. The zero-order valence-electron chi connectivity index (χ0n) is 11.0. The largest absolute Gasteiger partial charge is 0.466 e. The predicted octanol–water partition coefficient (Wildman–Crippen LogP) is 0.314. The predicted molar refractivity (Wildman–Crippen MR) is 76.9 cm³/mol. The second-order valence-electron chi connectivity index (χ2n) is 4.15. The summed E-state index contributed by atoms with van der Waals surface area (Å²) in [7, 11) is 0. The van der Waals surface area contributed by atoms with E-state index in [1.54, 1.807) is 24.3 Å². The van der Waals surface area contributed by atoms with Crippen molar-refractivity contribution in [3.8, 4) is 5.88 Å². The summed E-state index contributed by atoms with van der Waals surface area (Å²) < 4.78 is 6.36. The van der Waals surface area contributed by atoms with Gasteiger partial charge in [-0.25, -0.2) is 10.5 Å². The highest BCUT2D eigenvalue weighted by molar-refractivity contribution is 6.30. The van der Waals surface area contributed by atoms with E-state index < -0.39 is 5.91 Å². The number of rotatable bonds is 5. The minimum Gasteiger partial charge on any atom is -0.466 e. The molecule has 2 aromatic rings. The second kappa shape index (κ2) is 6.87. The van der Waals surface area contributed by atoms with Crippen molar-refractivity contribution in [1.29, 1.82) is 0 Å². The fraction of sp³-hybridized carbons (Fsp3) is 0.154. The number of carbonyl (C=O) groups excluding carboxylic acids is 1. The van der Waals surface area contributed by atoms with Crippen molar-refractivity contribution in [1.82, 2.24) is 15.2 Å². The van der Waals surface area contributed by atoms with Crippen LogP contribution in [0.25, 0.3) is 0 Å². The van der Waals surface area contributed by atoms with Gasteiger partial charge < -0.3 is 4.74 Å². The SMILES string of the molecule is NNC(=O)COc1ccc(=O)n(Cc2ccc(Cl)cc2)n1. The molecule has 1 heterocycles. The van der Waals surface area contributed by atoms with Crippen LogP contribution in [0.3, 0.4) is 0 Å². The fourth-order valence-corrected chi connectivity index (χ4v) is 1.69. The topological polar surface area (TPSA) is 99.2 Å². The summed E-state index contributed by atoms with van der Waals surface area (Å²) in [5.41, 5.74) is 2.52. The van der Waals surface area contributed by atoms with Crippen molar-refractivity contribution in [3.63, 3.8) is 0 Å². The van der Waals surface area contributed by atoms with Crippen molar-refractivity contribution in [2.75, 3.05) is 6.61 Å². The van der Waals surface area contributed by atoms with Crippen molar-refractivity contribution >= 4 is 17.5 Å². The van der Waals surface area contributed by atoms with Gasteiger partial charge in [0.25, 0.3) is 11.5 Å². The number of halogens is 1. The van der Waals surface area contributed by atoms with Crippen LogP contribution in [0, 0.1) is 0 Å². The molecule has 21 heavy (non-hydrogen) atoms. The quantitative estimate of drug-likeness (QED) is 0.470. The first-order chi connectivity index (χ1) is 10.1. The van der Waals surface area contributed by atoms with Crippen molar-refractivity contribution in [3.05, 3.63) is 57.3 Å². The average Bonchev–Trinajstić information content (AvgIpc) is 2.50. The summed E-state index contributed by atoms with van der Waals surface area (Å²) in [5, 5.41) is 4.64. The summed E-state index contributed by atoms with van der Waals surface area (Å²) in [4.78, 5) is 22.7. The van der Waals surface area contributed by atoms with Crippen molar-refractivity contribution in [2.24, 2.45) is 5.84 Å². The first-order valence-corrected chi connectivity index (χ1v) is 6.41. The van der Waals surface area contributed by atoms with Gasteiger partial charge >= 0.3 is 0 Å². The molecule has 0 saturated heterocycles. The van der Waals surface area contributed by atoms with Gasteiger partial charge in [-0.15, -0.1) is 5.10 Å². The molecular formula is C13H13ClN4O3. The van der Waals surface area contributed by atoms with E-state index in [-0.39, 0.29) is 24.6 Å². The highest BCUT2D eigenvalue weighted by Gasteiger charge is 2.05. The van der Waals surface area contributed by atoms with E-state index in [4.69, 9.17) is 22.2 Å². The number of hydrogen-bond donors (Lipinski definition) is 2. The molecule has 0 unspecified atom stereocenters. The molecule has 0 aliphatic carbocycles. The van der Waals surface area contributed by atoms with Gasteiger partial charge in [0.1, 0.15) is 0 Å². The van der Waals surface area contributed by atoms with Crippen LogP contribution < -0.4 is 21.6 Å². The minimum atomic E-state index is -0.493. The molecule has 8 heteroatoms. The molecule has 1 aromatic heterocycles. The molecule has 1 aromatic carbocycles. The average molecular weight is 309 g/mol. The Labute approximate surface area is 125 Å². The van der Waals surface area contributed by atoms with Crippen LogP contribution in [-0.4, -0.2) is 22.3 Å². The number of hydrazine groups is 1. The summed E-state index contributed by atoms with van der Waals surface area (Å²) in [6.45, 7) is -0.00106. The number of hydrogen-bond acceptors (Lipinski definition) is 5. The molecule has 0 radical (unpaired) electrons. The summed E-state index contributed by atoms with van der Waals surface area (Å²) >= 11 is 5.80. The lowest BCUT2D eigenvalue weighted by Crippen LogP contribution is -2.34. The van der Waals surface area contributed by atoms with Gasteiger partial charge in [0, 0.05) is 17.2 Å². The normalized spacial score (nSPS) is 10.2. The molecule has 110 valence electrons. The third kappa shape index (κ3) is 4.30. The van der Waals surface area contributed by atoms with Crippen molar-refractivity contribution < 1.29 is 9.53 Å². The van der Waals surface area contributed by atoms with E-state index in [1.807, 2.05) is 5.43 Å². The van der Waals surface area contributed by atoms with Gasteiger partial charge in [-0.1, -0.05) is 23.7 Å². The third-order valence-corrected chi connectivity index (χ3v) is 2.85. The zero-order valence-corrected chi connectivity index (χ0v) is 11.7. The number of amides is 1. The number of nitrogens with one attached hydrogen (secondary N) is 1. The van der Waals surface area contributed by atoms with E-state index in [1.165, 1.54) is 16.8 Å². The van der Waals surface area contributed by atoms with Crippen LogP contribution in [-0.2, 0) is 11.3 Å². The van der Waals surface area contributed by atoms with Crippen LogP contribution in [0.5, 0.6) is 5.88 Å². The Hall–Kier alpha value is -2.38. The van der Waals surface area contributed by atoms with Gasteiger partial charge in [-0.05, 0) is 17.7 Å². The van der Waals surface area contributed by atoms with Crippen LogP contribution >= 0.6 is 11.6 Å². The number of nitrogens with zero attached hydrogens (tertiary/aromatic N) is 2. The Bertz CT molecular complexity index is 685. The van der Waals surface area contributed by atoms with E-state index >= 15 is 0 Å². The lowest BCUT2D eigenvalue weighted by Gasteiger charge is -2.08. The summed E-state index contributed by atoms with van der Waals surface area (Å²) in [5.74, 6) is 4.60. The molecule has 0 saturated carbocycles. The van der Waals surface area contributed by atoms with Gasteiger partial charge in [0.15, 0.2) is 6.61 Å². The molecule has 0 aliphatic heterocycles. The molecular weight excluding hydrogens is 296 g/mol. The smallest absolute Gasteiger partial charge is 0.271 e. The molecule has 0 atom stereocenters. The molecule has 7 nitrogen and oxygen atoms in total. The minimum absolute atomic E-state index is 0.159. The lowest BCUT2D eigenvalue weighted by atomic mass is 10.2. The summed E-state index contributed by atoms with van der Waals surface area (Å²) in [6.07, 6.45) is 0. The Morgan fingerprint density at radius 3 is 2.67 bits per heavy atom. The van der Waals surface area contributed by atoms with Crippen LogP contribution in [0.1, 0.15) is 5.56 Å². The molecule has 1 amide bonds. The maximum atomic E-state index is 11.8. The van der Waals surface area contributed by atoms with Crippen molar-refractivity contribution in [2.45, 2.75) is 6.54 Å². The van der Waals surface area contributed by atoms with E-state index in [0.717, 1.165) is 5.56 Å². The number of benzene rings is 1. The maximum Gasteiger partial charge on any atom is 0.271 e. The molecule has 0 bridgehead atoms. The molecule has 0 fully saturated rings. The monoisotopic (exact) mass is 308 g/mol. The number of aromatic nitrogens is 2. The van der Waals surface area contributed by atoms with E-state index in [9.17, 15) is 9.59 Å². The number of ether oxygens (including phenoxy) is 1. The highest BCUT2D eigenvalue weighted by atomic mass is 35.5. The van der Waals surface area contributed by atoms with Gasteiger partial charge in [-0.3, -0.25) is 15.0 Å². The van der Waals surface area contributed by atoms with Crippen LogP contribution in [0.2, 0.25) is 5.02 Å². The Kier molecular flexibility index (Phi) is 4.91. The maximum absolute atomic E-state index is 11.8. The molecule has 0 spiro atoms. The van der Waals surface area contributed by atoms with E-state index in [0.29, 0.717) is 5.02 Å². The molecule has 3 N–H and O–H groups in total. The van der Waals surface area contributed by atoms with Gasteiger partial charge in [0.05, 0.1) is 6.54 Å². The molecule has 2 rings (SSSR count). The Morgan fingerprint density at radius 2 is 2.00 bits per heavy atom. The third-order valence-electron chi connectivity index (χ3n) is 2.60. The first kappa shape index (κ1) is 15.0. The first-order valence-electron chi connectivity index (χ1n) is 6.03. The van der Waals surface area contributed by atoms with Crippen LogP contribution in [0.4, 0.5) is 0 Å². The lowest BCUT2D eigenvalue weighted by molar-refractivity contribution is -0.123. The van der Waals surface area contributed by atoms with Gasteiger partial charge in [-0.2, -0.15) is 0 Å². The summed E-state index contributed by atoms with van der Waals surface area (Å²) in [6, 6.07) is 9.77. The highest BCUT2D eigenvalue weighted by Crippen LogP contribution is 2.10.